The van der Waals surface area contributed by atoms with Gasteiger partial charge >= 0.3 is 6.18 Å². The van der Waals surface area contributed by atoms with Gasteiger partial charge in [-0.05, 0) is 31.2 Å². The van der Waals surface area contributed by atoms with Gasteiger partial charge in [0.2, 0.25) is 10.0 Å². The van der Waals surface area contributed by atoms with E-state index >= 15 is 0 Å². The van der Waals surface area contributed by atoms with E-state index in [0.717, 1.165) is 18.2 Å². The quantitative estimate of drug-likeness (QED) is 0.609. The van der Waals surface area contributed by atoms with Crippen molar-refractivity contribution >= 4 is 21.6 Å². The molecule has 0 aliphatic heterocycles. The monoisotopic (exact) mass is 468 g/mol. The molecule has 2 rings (SSSR count). The average Bonchev–Trinajstić information content (AvgIpc) is 3.06. The second-order valence-electron chi connectivity index (χ2n) is 6.25. The van der Waals surface area contributed by atoms with Crippen LogP contribution >= 0.6 is 0 Å². The highest BCUT2D eigenvalue weighted by atomic mass is 32.2. The number of nitriles is 1. The fraction of sp³-hybridized carbons (Fsp3) is 0.294. The first-order valence-electron chi connectivity index (χ1n) is 8.33. The summed E-state index contributed by atoms with van der Waals surface area (Å²) in [5.74, 6) is -1.98. The standard InChI is InChI=1S/C17H14F6N4O3S/c1-9(17(21,22)23)26-31(29,30)12-5-14(27(7-12)8-15(19)20)16(28)25-11-2-3-13(18)10(4-11)6-24/h2-5,7,9,15,26H,8H2,1H3,(H,25,28)/t9-/m0/s1. The van der Waals surface area contributed by atoms with Gasteiger partial charge in [0.25, 0.3) is 12.3 Å². The van der Waals surface area contributed by atoms with Crippen LogP contribution in [0.1, 0.15) is 23.0 Å². The van der Waals surface area contributed by atoms with Crippen LogP contribution in [-0.2, 0) is 16.6 Å². The summed E-state index contributed by atoms with van der Waals surface area (Å²) in [6.45, 7) is -0.581. The van der Waals surface area contributed by atoms with Crippen molar-refractivity contribution in [3.8, 4) is 6.07 Å². The number of carbonyl (C=O) groups is 1. The highest BCUT2D eigenvalue weighted by Gasteiger charge is 2.39. The molecule has 2 aromatic rings. The number of aromatic nitrogens is 1. The molecule has 0 unspecified atom stereocenters. The van der Waals surface area contributed by atoms with E-state index in [4.69, 9.17) is 5.26 Å². The van der Waals surface area contributed by atoms with Gasteiger partial charge in [0, 0.05) is 11.9 Å². The second-order valence-corrected chi connectivity index (χ2v) is 7.96. The number of amides is 1. The minimum absolute atomic E-state index is 0.0963. The lowest BCUT2D eigenvalue weighted by atomic mass is 10.2. The van der Waals surface area contributed by atoms with E-state index in [1.165, 1.54) is 10.8 Å². The number of alkyl halides is 5. The molecule has 0 saturated heterocycles. The Bertz CT molecular complexity index is 1120. The first-order valence-corrected chi connectivity index (χ1v) is 9.81. The molecule has 31 heavy (non-hydrogen) atoms. The predicted molar refractivity (Wildman–Crippen MR) is 95.3 cm³/mol. The zero-order valence-corrected chi connectivity index (χ0v) is 16.4. The Balaban J connectivity index is 2.39. The summed E-state index contributed by atoms with van der Waals surface area (Å²) >= 11 is 0. The molecule has 1 heterocycles. The van der Waals surface area contributed by atoms with Crippen molar-refractivity contribution in [1.82, 2.24) is 9.29 Å². The van der Waals surface area contributed by atoms with E-state index in [0.29, 0.717) is 23.8 Å². The first-order chi connectivity index (χ1) is 14.2. The van der Waals surface area contributed by atoms with Crippen molar-refractivity contribution in [2.75, 3.05) is 5.32 Å². The predicted octanol–water partition coefficient (Wildman–Crippen LogP) is 3.25. The van der Waals surface area contributed by atoms with Crippen molar-refractivity contribution in [3.05, 3.63) is 47.5 Å². The lowest BCUT2D eigenvalue weighted by molar-refractivity contribution is -0.147. The lowest BCUT2D eigenvalue weighted by Crippen LogP contribution is -2.42. The van der Waals surface area contributed by atoms with E-state index < -0.39 is 63.1 Å². The maximum absolute atomic E-state index is 13.4. The van der Waals surface area contributed by atoms with E-state index in [2.05, 4.69) is 5.32 Å². The van der Waals surface area contributed by atoms with Crippen molar-refractivity contribution in [1.29, 1.82) is 5.26 Å². The van der Waals surface area contributed by atoms with Crippen molar-refractivity contribution < 1.29 is 39.6 Å². The van der Waals surface area contributed by atoms with Crippen LogP contribution in [0, 0.1) is 17.1 Å². The molecular weight excluding hydrogens is 454 g/mol. The van der Waals surface area contributed by atoms with Crippen molar-refractivity contribution in [2.24, 2.45) is 0 Å². The molecule has 1 amide bonds. The Morgan fingerprint density at radius 1 is 1.26 bits per heavy atom. The van der Waals surface area contributed by atoms with E-state index in [1.807, 2.05) is 0 Å². The number of halogens is 6. The maximum Gasteiger partial charge on any atom is 0.404 e. The van der Waals surface area contributed by atoms with E-state index in [-0.39, 0.29) is 5.69 Å². The SMILES string of the molecule is C[C@H](NS(=O)(=O)c1cc(C(=O)Nc2ccc(F)c(C#N)c2)n(CC(F)F)c1)C(F)(F)F. The summed E-state index contributed by atoms with van der Waals surface area (Å²) in [6, 6.07) is 2.57. The van der Waals surface area contributed by atoms with Crippen LogP contribution in [0.3, 0.4) is 0 Å². The lowest BCUT2D eigenvalue weighted by Gasteiger charge is -2.16. The van der Waals surface area contributed by atoms with Gasteiger partial charge in [-0.1, -0.05) is 0 Å². The molecule has 0 saturated carbocycles. The number of nitrogens with zero attached hydrogens (tertiary/aromatic N) is 2. The van der Waals surface area contributed by atoms with Gasteiger partial charge < -0.3 is 9.88 Å². The third kappa shape index (κ3) is 5.98. The Morgan fingerprint density at radius 3 is 2.45 bits per heavy atom. The van der Waals surface area contributed by atoms with Crippen LogP contribution in [0.2, 0.25) is 0 Å². The number of hydrogen-bond donors (Lipinski definition) is 2. The summed E-state index contributed by atoms with van der Waals surface area (Å²) in [4.78, 5) is 11.6. The summed E-state index contributed by atoms with van der Waals surface area (Å²) in [5, 5.41) is 11.0. The van der Waals surface area contributed by atoms with E-state index in [1.54, 1.807) is 0 Å². The zero-order valence-electron chi connectivity index (χ0n) is 15.5. The molecule has 2 N–H and O–H groups in total. The van der Waals surface area contributed by atoms with Crippen LogP contribution in [0.4, 0.5) is 32.0 Å². The fourth-order valence-electron chi connectivity index (χ4n) is 2.37. The van der Waals surface area contributed by atoms with Gasteiger partial charge in [0.1, 0.15) is 28.5 Å². The number of hydrogen-bond acceptors (Lipinski definition) is 4. The summed E-state index contributed by atoms with van der Waals surface area (Å²) in [5.41, 5.74) is -1.13. The number of sulfonamides is 1. The number of anilines is 1. The molecular formula is C17H14F6N4O3S. The largest absolute Gasteiger partial charge is 0.404 e. The summed E-state index contributed by atoms with van der Waals surface area (Å²) < 4.78 is 103. The van der Waals surface area contributed by atoms with Gasteiger partial charge in [0.05, 0.1) is 12.1 Å². The fourth-order valence-corrected chi connectivity index (χ4v) is 3.64. The third-order valence-corrected chi connectivity index (χ3v) is 5.42. The minimum atomic E-state index is -4.90. The van der Waals surface area contributed by atoms with Crippen molar-refractivity contribution in [2.45, 2.75) is 37.0 Å². The smallest absolute Gasteiger partial charge is 0.336 e. The molecule has 0 bridgehead atoms. The highest BCUT2D eigenvalue weighted by Crippen LogP contribution is 2.23. The Hall–Kier alpha value is -3.05. The number of carbonyl (C=O) groups excluding carboxylic acids is 1. The molecule has 168 valence electrons. The maximum atomic E-state index is 13.4. The molecule has 0 aliphatic rings. The molecule has 1 atom stereocenters. The Labute approximate surface area is 172 Å². The molecule has 7 nitrogen and oxygen atoms in total. The minimum Gasteiger partial charge on any atom is -0.336 e. The summed E-state index contributed by atoms with van der Waals surface area (Å²) in [7, 11) is -4.81. The number of benzene rings is 1. The van der Waals surface area contributed by atoms with E-state index in [9.17, 15) is 39.6 Å². The van der Waals surface area contributed by atoms with Gasteiger partial charge in [-0.25, -0.2) is 21.6 Å². The van der Waals surface area contributed by atoms with Crippen LogP contribution in [0.15, 0.2) is 35.4 Å². The first kappa shape index (κ1) is 24.2. The summed E-state index contributed by atoms with van der Waals surface area (Å²) in [6.07, 6.45) is -7.33. The van der Waals surface area contributed by atoms with Gasteiger partial charge in [-0.15, -0.1) is 0 Å². The van der Waals surface area contributed by atoms with Crippen LogP contribution in [0.5, 0.6) is 0 Å². The molecule has 0 spiro atoms. The van der Waals surface area contributed by atoms with Gasteiger partial charge in [-0.3, -0.25) is 4.79 Å². The highest BCUT2D eigenvalue weighted by molar-refractivity contribution is 7.89. The molecule has 1 aromatic heterocycles. The Morgan fingerprint density at radius 2 is 1.90 bits per heavy atom. The molecule has 0 fully saturated rings. The van der Waals surface area contributed by atoms with Crippen LogP contribution in [-0.4, -0.2) is 37.5 Å². The Kier molecular flexibility index (Phi) is 7.02. The molecule has 0 radical (unpaired) electrons. The van der Waals surface area contributed by atoms with Gasteiger partial charge in [-0.2, -0.15) is 23.2 Å². The topological polar surface area (TPSA) is 104 Å². The second kappa shape index (κ2) is 8.98. The van der Waals surface area contributed by atoms with Gasteiger partial charge in [0.15, 0.2) is 0 Å². The molecule has 0 aliphatic carbocycles. The number of nitrogens with one attached hydrogen (secondary N) is 2. The zero-order chi connectivity index (χ0) is 23.6. The normalized spacial score (nSPS) is 13.1. The third-order valence-electron chi connectivity index (χ3n) is 3.92. The van der Waals surface area contributed by atoms with Crippen LogP contribution in [0.25, 0.3) is 0 Å². The van der Waals surface area contributed by atoms with Crippen molar-refractivity contribution in [3.63, 3.8) is 0 Å². The van der Waals surface area contributed by atoms with Crippen LogP contribution < -0.4 is 10.0 Å². The molecule has 1 aromatic carbocycles. The number of rotatable bonds is 7. The molecule has 14 heteroatoms. The average molecular weight is 468 g/mol.